The molecule has 1 aliphatic carbocycles. The van der Waals surface area contributed by atoms with Gasteiger partial charge in [-0.1, -0.05) is 66.9 Å². The van der Waals surface area contributed by atoms with E-state index in [1.807, 2.05) is 18.2 Å². The van der Waals surface area contributed by atoms with Crippen molar-refractivity contribution in [1.29, 1.82) is 0 Å². The van der Waals surface area contributed by atoms with Gasteiger partial charge in [0.1, 0.15) is 11.2 Å². The van der Waals surface area contributed by atoms with Gasteiger partial charge in [-0.3, -0.25) is 9.51 Å². The first-order valence-corrected chi connectivity index (χ1v) is 14.9. The Hall–Kier alpha value is -4.16. The van der Waals surface area contributed by atoms with E-state index in [2.05, 4.69) is 43.6 Å². The lowest BCUT2D eigenvalue weighted by atomic mass is 9.83. The van der Waals surface area contributed by atoms with Crippen LogP contribution in [0.5, 0.6) is 0 Å². The van der Waals surface area contributed by atoms with Crippen molar-refractivity contribution in [3.63, 3.8) is 0 Å². The number of benzene rings is 1. The lowest BCUT2D eigenvalue weighted by Gasteiger charge is -2.37. The largest absolute Gasteiger partial charge is 0.439 e. The number of morpholine rings is 1. The minimum atomic E-state index is -0.757. The topological polar surface area (TPSA) is 128 Å². The molecular weight excluding hydrogens is 575 g/mol. The second-order valence-electron chi connectivity index (χ2n) is 11.3. The normalized spacial score (nSPS) is 21.0. The first-order valence-electron chi connectivity index (χ1n) is 14.5. The van der Waals surface area contributed by atoms with Crippen LogP contribution in [0.25, 0.3) is 34.1 Å². The van der Waals surface area contributed by atoms with Crippen LogP contribution in [0.15, 0.2) is 51.9 Å². The van der Waals surface area contributed by atoms with Crippen LogP contribution in [0.2, 0.25) is 5.02 Å². The Morgan fingerprint density at radius 1 is 1.12 bits per heavy atom. The number of anilines is 1. The molecule has 5 heterocycles. The summed E-state index contributed by atoms with van der Waals surface area (Å²) in [6, 6.07) is 11.6. The fourth-order valence-corrected chi connectivity index (χ4v) is 6.35. The molecule has 13 heteroatoms. The Bertz CT molecular complexity index is 1820. The zero-order chi connectivity index (χ0) is 29.5. The molecule has 1 N–H and O–H groups in total. The highest BCUT2D eigenvalue weighted by Gasteiger charge is 2.33. The van der Waals surface area contributed by atoms with E-state index in [1.54, 1.807) is 0 Å². The number of nitrogens with one attached hydrogen (secondary N) is 1. The van der Waals surface area contributed by atoms with Gasteiger partial charge in [-0.25, -0.2) is 19.7 Å². The van der Waals surface area contributed by atoms with Crippen molar-refractivity contribution in [2.24, 2.45) is 11.8 Å². The molecule has 43 heavy (non-hydrogen) atoms. The molecule has 0 bridgehead atoms. The third-order valence-corrected chi connectivity index (χ3v) is 8.65. The molecule has 11 nitrogen and oxygen atoms in total. The van der Waals surface area contributed by atoms with Crippen LogP contribution in [-0.2, 0) is 11.3 Å². The number of fused-ring (bicyclic) bond motifs is 1. The molecule has 1 saturated carbocycles. The third-order valence-electron chi connectivity index (χ3n) is 8.44. The monoisotopic (exact) mass is 604 g/mol. The average Bonchev–Trinajstić information content (AvgIpc) is 3.63. The fourth-order valence-electron chi connectivity index (χ4n) is 6.19. The molecule has 1 atom stereocenters. The summed E-state index contributed by atoms with van der Waals surface area (Å²) in [6.07, 6.45) is 5.70. The fraction of sp³-hybridized carbons (Fsp3) is 0.400. The van der Waals surface area contributed by atoms with Crippen LogP contribution in [-0.4, -0.2) is 54.4 Å². The number of aromatic nitrogens is 7. The summed E-state index contributed by atoms with van der Waals surface area (Å²) in [5.41, 5.74) is 2.34. The van der Waals surface area contributed by atoms with Crippen LogP contribution < -0.4 is 10.7 Å². The van der Waals surface area contributed by atoms with Gasteiger partial charge in [-0.15, -0.1) is 0 Å². The molecule has 7 rings (SSSR count). The van der Waals surface area contributed by atoms with E-state index in [0.717, 1.165) is 31.2 Å². The number of H-pyrrole nitrogens is 1. The van der Waals surface area contributed by atoms with Gasteiger partial charge in [-0.05, 0) is 36.3 Å². The standard InChI is InChI=1S/C30H30ClFN8O3/c1-17-7-9-18(10-8-17)15-40-24-23(21-13-20(31)14-33-25(21)32)34-27(28-37-30(41)43-38-28)35-26(24)36-29(40)39-11-12-42-16-22(39)19-5-3-2-4-6-19/h2-6,13-14,17-18,22H,7-12,15-16H2,1H3,(H,37,38,41). The highest BCUT2D eigenvalue weighted by Crippen LogP contribution is 2.39. The van der Waals surface area contributed by atoms with Gasteiger partial charge in [-0.2, -0.15) is 9.37 Å². The first-order chi connectivity index (χ1) is 20.9. The van der Waals surface area contributed by atoms with E-state index in [9.17, 15) is 4.79 Å². The Kier molecular flexibility index (Phi) is 7.39. The summed E-state index contributed by atoms with van der Waals surface area (Å²) in [5.74, 6) is 0.333. The predicted molar refractivity (Wildman–Crippen MR) is 158 cm³/mol. The number of pyridine rings is 1. The van der Waals surface area contributed by atoms with E-state index in [4.69, 9.17) is 35.8 Å². The number of hydrogen-bond acceptors (Lipinski definition) is 9. The number of nitrogens with zero attached hydrogens (tertiary/aromatic N) is 7. The van der Waals surface area contributed by atoms with E-state index in [0.29, 0.717) is 55.3 Å². The minimum Gasteiger partial charge on any atom is -0.377 e. The molecule has 2 aliphatic rings. The maximum Gasteiger partial charge on any atom is 0.439 e. The first kappa shape index (κ1) is 27.7. The Morgan fingerprint density at radius 3 is 2.70 bits per heavy atom. The predicted octanol–water partition coefficient (Wildman–Crippen LogP) is 5.43. The summed E-state index contributed by atoms with van der Waals surface area (Å²) in [6.45, 7) is 4.58. The summed E-state index contributed by atoms with van der Waals surface area (Å²) in [5, 5.41) is 4.03. The Balaban J connectivity index is 1.47. The maximum absolute atomic E-state index is 15.4. The Morgan fingerprint density at radius 2 is 1.93 bits per heavy atom. The van der Waals surface area contributed by atoms with Crippen molar-refractivity contribution < 1.29 is 13.7 Å². The molecule has 5 aromatic rings. The van der Waals surface area contributed by atoms with Crippen LogP contribution in [0.1, 0.15) is 44.2 Å². The van der Waals surface area contributed by atoms with Crippen LogP contribution in [0.3, 0.4) is 0 Å². The lowest BCUT2D eigenvalue weighted by Crippen LogP contribution is -2.41. The van der Waals surface area contributed by atoms with Crippen molar-refractivity contribution in [2.75, 3.05) is 24.7 Å². The van der Waals surface area contributed by atoms with Crippen molar-refractivity contribution in [3.8, 4) is 22.9 Å². The summed E-state index contributed by atoms with van der Waals surface area (Å²) < 4.78 is 28.2. The maximum atomic E-state index is 15.4. The number of imidazole rings is 1. The number of rotatable bonds is 6. The lowest BCUT2D eigenvalue weighted by molar-refractivity contribution is 0.0927. The van der Waals surface area contributed by atoms with Gasteiger partial charge in [0.25, 0.3) is 0 Å². The highest BCUT2D eigenvalue weighted by atomic mass is 35.5. The molecule has 1 aromatic carbocycles. The van der Waals surface area contributed by atoms with Crippen LogP contribution in [0, 0.1) is 17.8 Å². The molecular formula is C30H30ClFN8O3. The third kappa shape index (κ3) is 5.40. The van der Waals surface area contributed by atoms with Gasteiger partial charge in [0, 0.05) is 19.3 Å². The van der Waals surface area contributed by atoms with Gasteiger partial charge >= 0.3 is 5.76 Å². The van der Waals surface area contributed by atoms with Crippen molar-refractivity contribution in [2.45, 2.75) is 45.2 Å². The minimum absolute atomic E-state index is 0.00875. The van der Waals surface area contributed by atoms with Crippen molar-refractivity contribution >= 4 is 28.7 Å². The molecule has 1 aliphatic heterocycles. The van der Waals surface area contributed by atoms with Crippen molar-refractivity contribution in [3.05, 3.63) is 69.7 Å². The quantitative estimate of drug-likeness (QED) is 0.252. The summed E-state index contributed by atoms with van der Waals surface area (Å²) >= 11 is 6.31. The van der Waals surface area contributed by atoms with Gasteiger partial charge in [0.15, 0.2) is 5.65 Å². The molecule has 1 unspecified atom stereocenters. The number of hydrogen-bond donors (Lipinski definition) is 1. The number of aromatic amines is 1. The van der Waals surface area contributed by atoms with Crippen molar-refractivity contribution in [1.82, 2.24) is 34.6 Å². The van der Waals surface area contributed by atoms with Gasteiger partial charge < -0.3 is 14.2 Å². The second kappa shape index (κ2) is 11.5. The van der Waals surface area contributed by atoms with Crippen LogP contribution in [0.4, 0.5) is 10.3 Å². The van der Waals surface area contributed by atoms with Crippen LogP contribution >= 0.6 is 11.6 Å². The molecule has 1 saturated heterocycles. The van der Waals surface area contributed by atoms with E-state index in [-0.39, 0.29) is 34.0 Å². The van der Waals surface area contributed by atoms with Gasteiger partial charge in [0.05, 0.1) is 29.8 Å². The SMILES string of the molecule is CC1CCC(Cn2c(N3CCOCC3c3ccccc3)nc3nc(-c4noc(=O)[nH]4)nc(-c4cc(Cl)cnc4F)c32)CC1. The van der Waals surface area contributed by atoms with E-state index in [1.165, 1.54) is 12.3 Å². The number of halogens is 2. The molecule has 222 valence electrons. The number of ether oxygens (including phenoxy) is 1. The molecule has 0 spiro atoms. The molecule has 2 fully saturated rings. The summed E-state index contributed by atoms with van der Waals surface area (Å²) in [7, 11) is 0. The zero-order valence-corrected chi connectivity index (χ0v) is 24.3. The molecule has 4 aromatic heterocycles. The molecule has 0 radical (unpaired) electrons. The van der Waals surface area contributed by atoms with E-state index < -0.39 is 11.7 Å². The average molecular weight is 605 g/mol. The van der Waals surface area contributed by atoms with E-state index >= 15 is 4.39 Å². The molecule has 0 amide bonds. The summed E-state index contributed by atoms with van der Waals surface area (Å²) in [4.78, 5) is 34.9. The highest BCUT2D eigenvalue weighted by molar-refractivity contribution is 6.30. The second-order valence-corrected chi connectivity index (χ2v) is 11.8. The smallest absolute Gasteiger partial charge is 0.377 e. The van der Waals surface area contributed by atoms with Gasteiger partial charge in [0.2, 0.25) is 23.5 Å². The zero-order valence-electron chi connectivity index (χ0n) is 23.5. The Labute approximate surface area is 251 Å².